The van der Waals surface area contributed by atoms with Crippen molar-refractivity contribution >= 4 is 0 Å². The summed E-state index contributed by atoms with van der Waals surface area (Å²) in [6, 6.07) is 2.91. The second kappa shape index (κ2) is 4.98. The zero-order valence-corrected chi connectivity index (χ0v) is 9.21. The maximum Gasteiger partial charge on any atom is 0.167 e. The monoisotopic (exact) mass is 213 g/mol. The minimum Gasteiger partial charge on any atom is -0.493 e. The molecule has 1 aromatic carbocycles. The highest BCUT2D eigenvalue weighted by atomic mass is 19.1. The van der Waals surface area contributed by atoms with Crippen LogP contribution in [0, 0.1) is 5.82 Å². The highest BCUT2D eigenvalue weighted by Crippen LogP contribution is 2.36. The number of hydrogen-bond donors (Lipinski definition) is 1. The van der Waals surface area contributed by atoms with E-state index in [4.69, 9.17) is 15.2 Å². The molecule has 0 fully saturated rings. The van der Waals surface area contributed by atoms with Crippen LogP contribution >= 0.6 is 0 Å². The van der Waals surface area contributed by atoms with Gasteiger partial charge in [-0.25, -0.2) is 4.39 Å². The van der Waals surface area contributed by atoms with Crippen LogP contribution in [-0.4, -0.2) is 20.8 Å². The van der Waals surface area contributed by atoms with Gasteiger partial charge >= 0.3 is 0 Å². The van der Waals surface area contributed by atoms with E-state index in [0.717, 1.165) is 0 Å². The number of methoxy groups -OCH3 is 2. The van der Waals surface area contributed by atoms with Gasteiger partial charge in [-0.3, -0.25) is 0 Å². The molecular weight excluding hydrogens is 197 g/mol. The Morgan fingerprint density at radius 1 is 1.33 bits per heavy atom. The van der Waals surface area contributed by atoms with Crippen molar-refractivity contribution in [3.63, 3.8) is 0 Å². The number of ether oxygens (including phenoxy) is 2. The number of hydrogen-bond acceptors (Lipinski definition) is 3. The number of halogens is 1. The highest BCUT2D eigenvalue weighted by Gasteiger charge is 2.19. The summed E-state index contributed by atoms with van der Waals surface area (Å²) in [7, 11) is 3.01. The summed E-state index contributed by atoms with van der Waals surface area (Å²) in [5, 5.41) is 0. The molecule has 0 radical (unpaired) electrons. The molecule has 4 heteroatoms. The summed E-state index contributed by atoms with van der Waals surface area (Å²) in [6.45, 7) is 2.21. The molecule has 0 saturated heterocycles. The van der Waals surface area contributed by atoms with E-state index >= 15 is 0 Å². The first-order valence-corrected chi connectivity index (χ1v) is 4.76. The van der Waals surface area contributed by atoms with E-state index in [-0.39, 0.29) is 11.7 Å². The minimum absolute atomic E-state index is 0.102. The average molecular weight is 213 g/mol. The molecule has 3 nitrogen and oxygen atoms in total. The van der Waals surface area contributed by atoms with Crippen molar-refractivity contribution in [3.05, 3.63) is 23.5 Å². The molecule has 15 heavy (non-hydrogen) atoms. The topological polar surface area (TPSA) is 44.5 Å². The molecule has 0 saturated carbocycles. The van der Waals surface area contributed by atoms with Gasteiger partial charge in [0.05, 0.1) is 14.2 Å². The second-order valence-corrected chi connectivity index (χ2v) is 3.33. The molecular formula is C11H16FNO2. The lowest BCUT2D eigenvalue weighted by Crippen LogP contribution is -2.12. The summed E-state index contributed by atoms with van der Waals surface area (Å²) in [6.07, 6.45) is 0. The lowest BCUT2D eigenvalue weighted by atomic mass is 9.99. The lowest BCUT2D eigenvalue weighted by molar-refractivity contribution is 0.346. The molecule has 84 valence electrons. The predicted octanol–water partition coefficient (Wildman–Crippen LogP) is 1.91. The Morgan fingerprint density at radius 2 is 2.00 bits per heavy atom. The van der Waals surface area contributed by atoms with E-state index in [1.54, 1.807) is 6.07 Å². The van der Waals surface area contributed by atoms with Crippen molar-refractivity contribution in [1.29, 1.82) is 0 Å². The molecule has 0 heterocycles. The normalized spacial score (nSPS) is 12.3. The van der Waals surface area contributed by atoms with Crippen LogP contribution in [0.5, 0.6) is 11.5 Å². The first-order valence-electron chi connectivity index (χ1n) is 4.76. The maximum absolute atomic E-state index is 13.6. The Hall–Kier alpha value is -1.29. The van der Waals surface area contributed by atoms with Crippen LogP contribution in [0.1, 0.15) is 18.4 Å². The molecule has 1 rings (SSSR count). The van der Waals surface area contributed by atoms with Gasteiger partial charge in [-0.05, 0) is 18.7 Å². The fourth-order valence-corrected chi connectivity index (χ4v) is 1.50. The van der Waals surface area contributed by atoms with Gasteiger partial charge < -0.3 is 15.2 Å². The fourth-order valence-electron chi connectivity index (χ4n) is 1.50. The summed E-state index contributed by atoms with van der Waals surface area (Å²) < 4.78 is 23.8. The Kier molecular flexibility index (Phi) is 3.91. The molecule has 0 aliphatic rings. The van der Waals surface area contributed by atoms with Gasteiger partial charge in [0.25, 0.3) is 0 Å². The molecule has 0 bridgehead atoms. The van der Waals surface area contributed by atoms with E-state index in [1.165, 1.54) is 20.3 Å². The van der Waals surface area contributed by atoms with Crippen molar-refractivity contribution < 1.29 is 13.9 Å². The Labute approximate surface area is 89.0 Å². The quantitative estimate of drug-likeness (QED) is 0.830. The van der Waals surface area contributed by atoms with Gasteiger partial charge in [-0.1, -0.05) is 6.92 Å². The molecule has 0 amide bonds. The molecule has 0 spiro atoms. The van der Waals surface area contributed by atoms with Gasteiger partial charge in [0.1, 0.15) is 5.82 Å². The van der Waals surface area contributed by atoms with Gasteiger partial charge in [0.2, 0.25) is 0 Å². The smallest absolute Gasteiger partial charge is 0.167 e. The third kappa shape index (κ3) is 2.21. The molecule has 0 aromatic heterocycles. The fraction of sp³-hybridized carbons (Fsp3) is 0.455. The molecule has 1 atom stereocenters. The van der Waals surface area contributed by atoms with E-state index in [2.05, 4.69) is 0 Å². The van der Waals surface area contributed by atoms with Crippen LogP contribution in [-0.2, 0) is 0 Å². The SMILES string of the molecule is COc1ccc(F)c(C(C)CN)c1OC. The third-order valence-corrected chi connectivity index (χ3v) is 2.38. The van der Waals surface area contributed by atoms with Crippen LogP contribution < -0.4 is 15.2 Å². The van der Waals surface area contributed by atoms with E-state index < -0.39 is 0 Å². The largest absolute Gasteiger partial charge is 0.493 e. The first-order chi connectivity index (χ1) is 7.15. The van der Waals surface area contributed by atoms with Crippen molar-refractivity contribution in [3.8, 4) is 11.5 Å². The summed E-state index contributed by atoms with van der Waals surface area (Å²) >= 11 is 0. The summed E-state index contributed by atoms with van der Waals surface area (Å²) in [4.78, 5) is 0. The third-order valence-electron chi connectivity index (χ3n) is 2.38. The number of rotatable bonds is 4. The Morgan fingerprint density at radius 3 is 2.47 bits per heavy atom. The van der Waals surface area contributed by atoms with Crippen molar-refractivity contribution in [2.24, 2.45) is 5.73 Å². The Bertz CT molecular complexity index is 342. The zero-order valence-electron chi connectivity index (χ0n) is 9.21. The predicted molar refractivity (Wildman–Crippen MR) is 57.0 cm³/mol. The van der Waals surface area contributed by atoms with Gasteiger partial charge in [0.15, 0.2) is 11.5 Å². The lowest BCUT2D eigenvalue weighted by Gasteiger charge is -2.17. The average Bonchev–Trinajstić information content (AvgIpc) is 2.27. The Balaban J connectivity index is 3.31. The van der Waals surface area contributed by atoms with E-state index in [0.29, 0.717) is 23.6 Å². The van der Waals surface area contributed by atoms with Crippen LogP contribution in [0.15, 0.2) is 12.1 Å². The van der Waals surface area contributed by atoms with E-state index in [1.807, 2.05) is 6.92 Å². The highest BCUT2D eigenvalue weighted by molar-refractivity contribution is 5.49. The van der Waals surface area contributed by atoms with Crippen molar-refractivity contribution in [1.82, 2.24) is 0 Å². The summed E-state index contributed by atoms with van der Waals surface area (Å²) in [5.41, 5.74) is 6.00. The van der Waals surface area contributed by atoms with Gasteiger partial charge in [-0.2, -0.15) is 0 Å². The number of nitrogens with two attached hydrogens (primary N) is 1. The van der Waals surface area contributed by atoms with Gasteiger partial charge in [-0.15, -0.1) is 0 Å². The maximum atomic E-state index is 13.6. The first kappa shape index (κ1) is 11.8. The standard InChI is InChI=1S/C11H16FNO2/c1-7(6-13)10-8(12)4-5-9(14-2)11(10)15-3/h4-5,7H,6,13H2,1-3H3. The van der Waals surface area contributed by atoms with Gasteiger partial charge in [0, 0.05) is 11.5 Å². The molecule has 1 aromatic rings. The molecule has 1 unspecified atom stereocenters. The van der Waals surface area contributed by atoms with Crippen LogP contribution in [0.25, 0.3) is 0 Å². The van der Waals surface area contributed by atoms with E-state index in [9.17, 15) is 4.39 Å². The molecule has 2 N–H and O–H groups in total. The van der Waals surface area contributed by atoms with Crippen LogP contribution in [0.3, 0.4) is 0 Å². The van der Waals surface area contributed by atoms with Crippen LogP contribution in [0.4, 0.5) is 4.39 Å². The van der Waals surface area contributed by atoms with Crippen molar-refractivity contribution in [2.45, 2.75) is 12.8 Å². The zero-order chi connectivity index (χ0) is 11.4. The van der Waals surface area contributed by atoms with Crippen molar-refractivity contribution in [2.75, 3.05) is 20.8 Å². The second-order valence-electron chi connectivity index (χ2n) is 3.33. The minimum atomic E-state index is -0.314. The molecule has 0 aliphatic heterocycles. The van der Waals surface area contributed by atoms with Crippen LogP contribution in [0.2, 0.25) is 0 Å². The molecule has 0 aliphatic carbocycles. The summed E-state index contributed by atoms with van der Waals surface area (Å²) in [5.74, 6) is 0.533. The number of benzene rings is 1.